The molecule has 3 heteroatoms. The molecule has 1 aliphatic rings. The number of ether oxygens (including phenoxy) is 1. The van der Waals surface area contributed by atoms with Crippen LogP contribution in [0.25, 0.3) is 0 Å². The van der Waals surface area contributed by atoms with Crippen LogP contribution in [0.3, 0.4) is 0 Å². The highest BCUT2D eigenvalue weighted by molar-refractivity contribution is 9.10. The van der Waals surface area contributed by atoms with Gasteiger partial charge in [-0.3, -0.25) is 0 Å². The minimum Gasteiger partial charge on any atom is -0.381 e. The number of hydrogen-bond donors (Lipinski definition) is 1. The number of halogens is 1. The van der Waals surface area contributed by atoms with Crippen LogP contribution in [0.5, 0.6) is 0 Å². The number of rotatable bonds is 3. The summed E-state index contributed by atoms with van der Waals surface area (Å²) in [5.41, 5.74) is 2.76. The Balaban J connectivity index is 2.24. The third kappa shape index (κ3) is 2.90. The van der Waals surface area contributed by atoms with Gasteiger partial charge in [-0.25, -0.2) is 0 Å². The fourth-order valence-corrected chi connectivity index (χ4v) is 3.04. The van der Waals surface area contributed by atoms with Crippen LogP contribution in [0.1, 0.15) is 30.0 Å². The molecule has 0 bridgehead atoms. The van der Waals surface area contributed by atoms with Gasteiger partial charge in [0, 0.05) is 23.7 Å². The van der Waals surface area contributed by atoms with Gasteiger partial charge in [0.05, 0.1) is 0 Å². The molecule has 0 aliphatic carbocycles. The summed E-state index contributed by atoms with van der Waals surface area (Å²) in [4.78, 5) is 0. The normalized spacial score (nSPS) is 19.2. The summed E-state index contributed by atoms with van der Waals surface area (Å²) in [6.07, 6.45) is 2.30. The van der Waals surface area contributed by atoms with Gasteiger partial charge in [-0.15, -0.1) is 0 Å². The van der Waals surface area contributed by atoms with E-state index in [1.165, 1.54) is 15.6 Å². The van der Waals surface area contributed by atoms with E-state index in [1.54, 1.807) is 0 Å². The molecule has 94 valence electrons. The van der Waals surface area contributed by atoms with Gasteiger partial charge in [-0.05, 0) is 49.9 Å². The van der Waals surface area contributed by atoms with Crippen LogP contribution in [0, 0.1) is 12.8 Å². The Kier molecular flexibility index (Phi) is 4.60. The summed E-state index contributed by atoms with van der Waals surface area (Å²) in [5, 5.41) is 3.48. The molecule has 0 radical (unpaired) electrons. The minimum absolute atomic E-state index is 0.441. The zero-order valence-electron chi connectivity index (χ0n) is 10.5. The van der Waals surface area contributed by atoms with E-state index in [-0.39, 0.29) is 0 Å². The SMILES string of the molecule is CNC(c1cccc(Br)c1C)C1CCOCC1. The second-order valence-corrected chi connectivity index (χ2v) is 5.52. The molecule has 1 N–H and O–H groups in total. The van der Waals surface area contributed by atoms with E-state index in [0.717, 1.165) is 26.1 Å². The van der Waals surface area contributed by atoms with Crippen LogP contribution in [-0.2, 0) is 4.74 Å². The first kappa shape index (κ1) is 13.1. The molecular weight excluding hydrogens is 278 g/mol. The molecule has 1 aromatic carbocycles. The van der Waals surface area contributed by atoms with Crippen LogP contribution < -0.4 is 5.32 Å². The number of benzene rings is 1. The Bertz CT molecular complexity index is 374. The summed E-state index contributed by atoms with van der Waals surface area (Å²) in [5.74, 6) is 0.682. The van der Waals surface area contributed by atoms with Gasteiger partial charge < -0.3 is 10.1 Å². The maximum absolute atomic E-state index is 5.45. The molecule has 1 unspecified atom stereocenters. The molecule has 1 saturated heterocycles. The Morgan fingerprint density at radius 3 is 2.71 bits per heavy atom. The van der Waals surface area contributed by atoms with E-state index in [1.807, 2.05) is 0 Å². The Morgan fingerprint density at radius 2 is 2.06 bits per heavy atom. The van der Waals surface area contributed by atoms with Crippen molar-refractivity contribution in [3.8, 4) is 0 Å². The Labute approximate surface area is 112 Å². The molecule has 0 saturated carbocycles. The standard InChI is InChI=1S/C14H20BrNO/c1-10-12(4-3-5-13(10)15)14(16-2)11-6-8-17-9-7-11/h3-5,11,14,16H,6-9H2,1-2H3. The van der Waals surface area contributed by atoms with Crippen LogP contribution in [0.2, 0.25) is 0 Å². The van der Waals surface area contributed by atoms with Crippen molar-refractivity contribution in [1.82, 2.24) is 5.32 Å². The van der Waals surface area contributed by atoms with E-state index < -0.39 is 0 Å². The molecule has 0 spiro atoms. The second kappa shape index (κ2) is 5.98. The van der Waals surface area contributed by atoms with Crippen molar-refractivity contribution >= 4 is 15.9 Å². The van der Waals surface area contributed by atoms with Crippen molar-refractivity contribution in [3.63, 3.8) is 0 Å². The Hall–Kier alpha value is -0.380. The first-order valence-electron chi connectivity index (χ1n) is 6.24. The molecule has 0 amide bonds. The van der Waals surface area contributed by atoms with E-state index >= 15 is 0 Å². The largest absolute Gasteiger partial charge is 0.381 e. The van der Waals surface area contributed by atoms with Crippen molar-refractivity contribution in [2.75, 3.05) is 20.3 Å². The molecular formula is C14H20BrNO. The van der Waals surface area contributed by atoms with Gasteiger partial charge in [0.15, 0.2) is 0 Å². The monoisotopic (exact) mass is 297 g/mol. The molecule has 1 atom stereocenters. The van der Waals surface area contributed by atoms with Crippen LogP contribution in [-0.4, -0.2) is 20.3 Å². The lowest BCUT2D eigenvalue weighted by Crippen LogP contribution is -2.30. The molecule has 0 aromatic heterocycles. The molecule has 2 rings (SSSR count). The summed E-state index contributed by atoms with van der Waals surface area (Å²) in [6.45, 7) is 3.98. The highest BCUT2D eigenvalue weighted by Crippen LogP contribution is 2.33. The summed E-state index contributed by atoms with van der Waals surface area (Å²) < 4.78 is 6.64. The van der Waals surface area contributed by atoms with E-state index in [2.05, 4.69) is 53.4 Å². The lowest BCUT2D eigenvalue weighted by atomic mass is 9.85. The average molecular weight is 298 g/mol. The fourth-order valence-electron chi connectivity index (χ4n) is 2.66. The highest BCUT2D eigenvalue weighted by Gasteiger charge is 2.25. The number of nitrogens with one attached hydrogen (secondary N) is 1. The second-order valence-electron chi connectivity index (χ2n) is 4.67. The fraction of sp³-hybridized carbons (Fsp3) is 0.571. The smallest absolute Gasteiger partial charge is 0.0469 e. The van der Waals surface area contributed by atoms with Crippen LogP contribution >= 0.6 is 15.9 Å². The summed E-state index contributed by atoms with van der Waals surface area (Å²) >= 11 is 3.62. The lowest BCUT2D eigenvalue weighted by Gasteiger charge is -2.31. The lowest BCUT2D eigenvalue weighted by molar-refractivity contribution is 0.0545. The first-order valence-corrected chi connectivity index (χ1v) is 7.03. The summed E-state index contributed by atoms with van der Waals surface area (Å²) in [7, 11) is 2.06. The molecule has 1 heterocycles. The molecule has 1 aromatic rings. The predicted octanol–water partition coefficient (Wildman–Crippen LogP) is 3.44. The van der Waals surface area contributed by atoms with Crippen LogP contribution in [0.15, 0.2) is 22.7 Å². The Morgan fingerprint density at radius 1 is 1.35 bits per heavy atom. The molecule has 2 nitrogen and oxygen atoms in total. The van der Waals surface area contributed by atoms with Gasteiger partial charge >= 0.3 is 0 Å². The van der Waals surface area contributed by atoms with E-state index in [0.29, 0.717) is 12.0 Å². The quantitative estimate of drug-likeness (QED) is 0.923. The average Bonchev–Trinajstić information content (AvgIpc) is 2.37. The molecule has 17 heavy (non-hydrogen) atoms. The van der Waals surface area contributed by atoms with Crippen molar-refractivity contribution in [3.05, 3.63) is 33.8 Å². The molecule has 1 fully saturated rings. The van der Waals surface area contributed by atoms with E-state index in [4.69, 9.17) is 4.74 Å². The van der Waals surface area contributed by atoms with Crippen molar-refractivity contribution < 1.29 is 4.74 Å². The maximum Gasteiger partial charge on any atom is 0.0469 e. The minimum atomic E-state index is 0.441. The predicted molar refractivity (Wildman–Crippen MR) is 74.2 cm³/mol. The highest BCUT2D eigenvalue weighted by atomic mass is 79.9. The third-order valence-electron chi connectivity index (χ3n) is 3.69. The van der Waals surface area contributed by atoms with Crippen molar-refractivity contribution in [2.24, 2.45) is 5.92 Å². The van der Waals surface area contributed by atoms with Crippen LogP contribution in [0.4, 0.5) is 0 Å². The number of hydrogen-bond acceptors (Lipinski definition) is 2. The van der Waals surface area contributed by atoms with Gasteiger partial charge in [0.2, 0.25) is 0 Å². The van der Waals surface area contributed by atoms with Gasteiger partial charge in [-0.2, -0.15) is 0 Å². The third-order valence-corrected chi connectivity index (χ3v) is 4.55. The van der Waals surface area contributed by atoms with Crippen molar-refractivity contribution in [2.45, 2.75) is 25.8 Å². The first-order chi connectivity index (χ1) is 8.24. The zero-order chi connectivity index (χ0) is 12.3. The van der Waals surface area contributed by atoms with Gasteiger partial charge in [0.1, 0.15) is 0 Å². The topological polar surface area (TPSA) is 21.3 Å². The summed E-state index contributed by atoms with van der Waals surface area (Å²) in [6, 6.07) is 6.90. The van der Waals surface area contributed by atoms with Crippen molar-refractivity contribution in [1.29, 1.82) is 0 Å². The van der Waals surface area contributed by atoms with Gasteiger partial charge in [-0.1, -0.05) is 28.1 Å². The molecule has 1 aliphatic heterocycles. The zero-order valence-corrected chi connectivity index (χ0v) is 12.1. The van der Waals surface area contributed by atoms with E-state index in [9.17, 15) is 0 Å². The van der Waals surface area contributed by atoms with Gasteiger partial charge in [0.25, 0.3) is 0 Å². The maximum atomic E-state index is 5.45.